The third-order valence-electron chi connectivity index (χ3n) is 3.44. The number of para-hydroxylation sites is 1. The number of aromatic nitrogens is 2. The Morgan fingerprint density at radius 3 is 2.67 bits per heavy atom. The Morgan fingerprint density at radius 1 is 1.29 bits per heavy atom. The van der Waals surface area contributed by atoms with Crippen LogP contribution in [0.15, 0.2) is 18.2 Å². The van der Waals surface area contributed by atoms with Crippen LogP contribution >= 0.6 is 11.6 Å². The van der Waals surface area contributed by atoms with Crippen LogP contribution in [0.1, 0.15) is 30.3 Å². The smallest absolute Gasteiger partial charge is 0.171 e. The van der Waals surface area contributed by atoms with E-state index in [0.717, 1.165) is 42.2 Å². The molecular weight excluding hydrogens is 286 g/mol. The van der Waals surface area contributed by atoms with Crippen molar-refractivity contribution in [3.8, 4) is 11.5 Å². The van der Waals surface area contributed by atoms with Crippen molar-refractivity contribution in [2.75, 3.05) is 6.54 Å². The molecule has 0 spiro atoms. The maximum atomic E-state index is 6.32. The van der Waals surface area contributed by atoms with Crippen LogP contribution in [-0.2, 0) is 13.6 Å². The fourth-order valence-corrected chi connectivity index (χ4v) is 2.44. The number of benzene rings is 1. The van der Waals surface area contributed by atoms with E-state index in [4.69, 9.17) is 16.3 Å². The lowest BCUT2D eigenvalue weighted by Crippen LogP contribution is -2.14. The summed E-state index contributed by atoms with van der Waals surface area (Å²) in [7, 11) is 1.91. The third kappa shape index (κ3) is 3.57. The van der Waals surface area contributed by atoms with Gasteiger partial charge in [0.05, 0.1) is 10.7 Å². The monoisotopic (exact) mass is 307 g/mol. The second kappa shape index (κ2) is 6.96. The van der Waals surface area contributed by atoms with Crippen molar-refractivity contribution in [2.24, 2.45) is 7.05 Å². The van der Waals surface area contributed by atoms with Gasteiger partial charge < -0.3 is 10.1 Å². The fraction of sp³-hybridized carbons (Fsp3) is 0.438. The number of ether oxygens (including phenoxy) is 1. The average molecular weight is 308 g/mol. The molecule has 1 heterocycles. The highest BCUT2D eigenvalue weighted by Gasteiger charge is 2.16. The number of halogens is 1. The molecule has 0 amide bonds. The van der Waals surface area contributed by atoms with Crippen LogP contribution in [0.3, 0.4) is 0 Å². The molecule has 114 valence electrons. The van der Waals surface area contributed by atoms with E-state index in [2.05, 4.69) is 17.3 Å². The number of hydrogen-bond acceptors (Lipinski definition) is 3. The maximum Gasteiger partial charge on any atom is 0.171 e. The molecule has 2 rings (SSSR count). The van der Waals surface area contributed by atoms with Crippen LogP contribution < -0.4 is 10.1 Å². The second-order valence-electron chi connectivity index (χ2n) is 5.13. The van der Waals surface area contributed by atoms with Gasteiger partial charge >= 0.3 is 0 Å². The molecule has 0 unspecified atom stereocenters. The zero-order valence-corrected chi connectivity index (χ0v) is 13.8. The van der Waals surface area contributed by atoms with Crippen LogP contribution in [-0.4, -0.2) is 16.3 Å². The second-order valence-corrected chi connectivity index (χ2v) is 5.54. The number of nitrogens with zero attached hydrogens (tertiary/aromatic N) is 2. The van der Waals surface area contributed by atoms with Gasteiger partial charge in [0, 0.05) is 19.2 Å². The number of aryl methyl sites for hydroxylation is 2. The average Bonchev–Trinajstić information content (AvgIpc) is 2.68. The molecule has 0 fully saturated rings. The molecule has 0 bridgehead atoms. The van der Waals surface area contributed by atoms with Gasteiger partial charge in [-0.15, -0.1) is 0 Å². The zero-order valence-electron chi connectivity index (χ0n) is 13.0. The molecule has 2 aromatic rings. The number of hydrogen-bond donors (Lipinski definition) is 1. The predicted octanol–water partition coefficient (Wildman–Crippen LogP) is 3.98. The van der Waals surface area contributed by atoms with Gasteiger partial charge in [-0.3, -0.25) is 4.68 Å². The molecule has 0 aliphatic rings. The topological polar surface area (TPSA) is 39.1 Å². The Morgan fingerprint density at radius 2 is 2.05 bits per heavy atom. The Labute approximate surface area is 131 Å². The van der Waals surface area contributed by atoms with Crippen LogP contribution in [0.25, 0.3) is 0 Å². The first-order valence-corrected chi connectivity index (χ1v) is 7.58. The van der Waals surface area contributed by atoms with Gasteiger partial charge in [0.15, 0.2) is 11.5 Å². The summed E-state index contributed by atoms with van der Waals surface area (Å²) in [5.41, 5.74) is 2.90. The summed E-state index contributed by atoms with van der Waals surface area (Å²) >= 11 is 6.32. The van der Waals surface area contributed by atoms with E-state index in [-0.39, 0.29) is 0 Å². The van der Waals surface area contributed by atoms with E-state index < -0.39 is 0 Å². The molecule has 1 N–H and O–H groups in total. The molecule has 5 heteroatoms. The Kier molecular flexibility index (Phi) is 5.26. The van der Waals surface area contributed by atoms with Gasteiger partial charge in [-0.1, -0.05) is 30.7 Å². The Bertz CT molecular complexity index is 622. The van der Waals surface area contributed by atoms with Gasteiger partial charge in [-0.25, -0.2) is 0 Å². The molecule has 0 aliphatic carbocycles. The first-order chi connectivity index (χ1) is 10.0. The summed E-state index contributed by atoms with van der Waals surface area (Å²) < 4.78 is 7.91. The summed E-state index contributed by atoms with van der Waals surface area (Å²) in [6, 6.07) is 5.83. The van der Waals surface area contributed by atoms with Crippen molar-refractivity contribution in [2.45, 2.75) is 33.7 Å². The lowest BCUT2D eigenvalue weighted by molar-refractivity contribution is 0.465. The summed E-state index contributed by atoms with van der Waals surface area (Å²) in [5, 5.41) is 8.37. The van der Waals surface area contributed by atoms with Crippen LogP contribution in [0.2, 0.25) is 5.02 Å². The number of rotatable bonds is 6. The van der Waals surface area contributed by atoms with E-state index in [1.807, 2.05) is 43.8 Å². The lowest BCUT2D eigenvalue weighted by Gasteiger charge is -2.13. The van der Waals surface area contributed by atoms with E-state index in [1.54, 1.807) is 0 Å². The minimum absolute atomic E-state index is 0.619. The Balaban J connectivity index is 2.30. The summed E-state index contributed by atoms with van der Waals surface area (Å²) in [6.07, 6.45) is 1.09. The highest BCUT2D eigenvalue weighted by atomic mass is 35.5. The zero-order chi connectivity index (χ0) is 15.4. The molecular formula is C16H22ClN3O. The Hall–Kier alpha value is -1.52. The van der Waals surface area contributed by atoms with E-state index in [9.17, 15) is 0 Å². The van der Waals surface area contributed by atoms with Crippen molar-refractivity contribution in [1.82, 2.24) is 15.1 Å². The van der Waals surface area contributed by atoms with Gasteiger partial charge in [0.25, 0.3) is 0 Å². The van der Waals surface area contributed by atoms with Crippen LogP contribution in [0.5, 0.6) is 11.5 Å². The summed E-state index contributed by atoms with van der Waals surface area (Å²) in [5.74, 6) is 1.49. The maximum absolute atomic E-state index is 6.32. The van der Waals surface area contributed by atoms with E-state index in [0.29, 0.717) is 10.8 Å². The third-order valence-corrected chi connectivity index (χ3v) is 3.74. The molecule has 0 saturated heterocycles. The van der Waals surface area contributed by atoms with Crippen LogP contribution in [0, 0.1) is 13.8 Å². The lowest BCUT2D eigenvalue weighted by atomic mass is 10.2. The molecule has 21 heavy (non-hydrogen) atoms. The molecule has 0 saturated carbocycles. The van der Waals surface area contributed by atoms with E-state index >= 15 is 0 Å². The molecule has 1 aromatic carbocycles. The highest BCUT2D eigenvalue weighted by molar-refractivity contribution is 6.32. The van der Waals surface area contributed by atoms with Crippen molar-refractivity contribution >= 4 is 11.6 Å². The largest absolute Gasteiger partial charge is 0.452 e. The SMILES string of the molecule is CCCNCc1cccc(Cl)c1Oc1c(C)nn(C)c1C. The first-order valence-electron chi connectivity index (χ1n) is 7.20. The van der Waals surface area contributed by atoms with Gasteiger partial charge in [0.2, 0.25) is 0 Å². The van der Waals surface area contributed by atoms with E-state index in [1.165, 1.54) is 0 Å². The standard InChI is InChI=1S/C16H22ClN3O/c1-5-9-18-10-13-7-6-8-14(17)16(13)21-15-11(2)19-20(4)12(15)3/h6-8,18H,5,9-10H2,1-4H3. The van der Waals surface area contributed by atoms with Gasteiger partial charge in [0.1, 0.15) is 5.69 Å². The molecule has 0 aliphatic heterocycles. The molecule has 0 atom stereocenters. The van der Waals surface area contributed by atoms with Crippen molar-refractivity contribution < 1.29 is 4.74 Å². The normalized spacial score (nSPS) is 10.9. The minimum atomic E-state index is 0.619. The molecule has 4 nitrogen and oxygen atoms in total. The summed E-state index contributed by atoms with van der Waals surface area (Å²) in [4.78, 5) is 0. The van der Waals surface area contributed by atoms with Crippen molar-refractivity contribution in [3.63, 3.8) is 0 Å². The quantitative estimate of drug-likeness (QED) is 0.820. The van der Waals surface area contributed by atoms with Gasteiger partial charge in [-0.05, 0) is 32.9 Å². The molecule has 1 aromatic heterocycles. The predicted molar refractivity (Wildman–Crippen MR) is 86.2 cm³/mol. The molecule has 0 radical (unpaired) electrons. The van der Waals surface area contributed by atoms with Crippen molar-refractivity contribution in [1.29, 1.82) is 0 Å². The first kappa shape index (κ1) is 15.9. The van der Waals surface area contributed by atoms with Crippen LogP contribution in [0.4, 0.5) is 0 Å². The minimum Gasteiger partial charge on any atom is -0.452 e. The van der Waals surface area contributed by atoms with Crippen molar-refractivity contribution in [3.05, 3.63) is 40.2 Å². The van der Waals surface area contributed by atoms with Gasteiger partial charge in [-0.2, -0.15) is 5.10 Å². The highest BCUT2D eigenvalue weighted by Crippen LogP contribution is 2.35. The number of nitrogens with one attached hydrogen (secondary N) is 1. The fourth-order valence-electron chi connectivity index (χ4n) is 2.21. The summed E-state index contributed by atoms with van der Waals surface area (Å²) in [6.45, 7) is 7.78.